The van der Waals surface area contributed by atoms with Crippen molar-refractivity contribution < 1.29 is 18.4 Å². The van der Waals surface area contributed by atoms with Crippen molar-refractivity contribution in [2.45, 2.75) is 57.5 Å². The van der Waals surface area contributed by atoms with Crippen molar-refractivity contribution in [1.29, 1.82) is 0 Å². The van der Waals surface area contributed by atoms with Crippen LogP contribution in [0.25, 0.3) is 10.4 Å². The molecular weight excluding hydrogens is 412 g/mol. The molecule has 0 spiro atoms. The van der Waals surface area contributed by atoms with Crippen molar-refractivity contribution in [3.8, 4) is 10.4 Å². The number of primary amides is 1. The van der Waals surface area contributed by atoms with Crippen LogP contribution in [0.15, 0.2) is 12.3 Å². The maximum atomic E-state index is 13.9. The lowest BCUT2D eigenvalue weighted by Crippen LogP contribution is -2.35. The minimum atomic E-state index is -2.78. The molecule has 3 N–H and O–H groups in total. The predicted molar refractivity (Wildman–Crippen MR) is 110 cm³/mol. The van der Waals surface area contributed by atoms with Gasteiger partial charge in [-0.05, 0) is 38.2 Å². The second-order valence-electron chi connectivity index (χ2n) is 7.62. The van der Waals surface area contributed by atoms with E-state index in [-0.39, 0.29) is 44.7 Å². The number of hydrogen-bond donors (Lipinski definition) is 2. The number of alkyl halides is 2. The number of halogens is 2. The minimum absolute atomic E-state index is 0.00515. The summed E-state index contributed by atoms with van der Waals surface area (Å²) in [5.41, 5.74) is 5.23. The Hall–Kier alpha value is -2.62. The van der Waals surface area contributed by atoms with E-state index >= 15 is 0 Å². The van der Waals surface area contributed by atoms with E-state index in [9.17, 15) is 18.4 Å². The predicted octanol–water partition coefficient (Wildman–Crippen LogP) is 3.83. The van der Waals surface area contributed by atoms with E-state index < -0.39 is 12.3 Å². The van der Waals surface area contributed by atoms with Crippen LogP contribution < -0.4 is 11.1 Å². The highest BCUT2D eigenvalue weighted by atomic mass is 32.1. The SMILES string of the molecule is CCCNc1cc(C(F)F)c(-c2sc(C(N)=O)nc2C(=O)N2C3CCC2CC3)cn1. The average molecular weight is 436 g/mol. The molecule has 4 rings (SSSR count). The lowest BCUT2D eigenvalue weighted by molar-refractivity contribution is 0.0725. The molecule has 7 nitrogen and oxygen atoms in total. The Bertz CT molecular complexity index is 960. The second kappa shape index (κ2) is 8.25. The molecule has 0 saturated carbocycles. The number of carbonyl (C=O) groups excluding carboxylic acids is 2. The first-order valence-corrected chi connectivity index (χ1v) is 10.9. The van der Waals surface area contributed by atoms with Gasteiger partial charge in [0.1, 0.15) is 11.5 Å². The second-order valence-corrected chi connectivity index (χ2v) is 8.62. The van der Waals surface area contributed by atoms with Gasteiger partial charge in [0.15, 0.2) is 5.01 Å². The highest BCUT2D eigenvalue weighted by Crippen LogP contribution is 2.42. The Morgan fingerprint density at radius 3 is 2.53 bits per heavy atom. The molecule has 2 aliphatic heterocycles. The maximum absolute atomic E-state index is 13.9. The summed E-state index contributed by atoms with van der Waals surface area (Å²) in [6.45, 7) is 2.56. The molecule has 2 aliphatic rings. The zero-order chi connectivity index (χ0) is 21.4. The largest absolute Gasteiger partial charge is 0.370 e. The number of nitrogens with one attached hydrogen (secondary N) is 1. The number of amides is 2. The molecule has 0 unspecified atom stereocenters. The molecule has 2 amide bonds. The van der Waals surface area contributed by atoms with Crippen molar-refractivity contribution in [3.63, 3.8) is 0 Å². The highest BCUT2D eigenvalue weighted by molar-refractivity contribution is 7.17. The molecule has 0 radical (unpaired) electrons. The Morgan fingerprint density at radius 1 is 1.30 bits per heavy atom. The van der Waals surface area contributed by atoms with Crippen molar-refractivity contribution in [1.82, 2.24) is 14.9 Å². The van der Waals surface area contributed by atoms with Crippen LogP contribution in [0.3, 0.4) is 0 Å². The summed E-state index contributed by atoms with van der Waals surface area (Å²) in [5, 5.41) is 2.91. The minimum Gasteiger partial charge on any atom is -0.370 e. The average Bonchev–Trinajstić information content (AvgIpc) is 3.45. The number of pyridine rings is 1. The lowest BCUT2D eigenvalue weighted by atomic mass is 10.0. The van der Waals surface area contributed by atoms with Crippen LogP contribution in [0.4, 0.5) is 14.6 Å². The molecule has 30 heavy (non-hydrogen) atoms. The molecule has 4 heterocycles. The third kappa shape index (κ3) is 3.64. The van der Waals surface area contributed by atoms with Crippen LogP contribution in [0.2, 0.25) is 0 Å². The molecule has 2 bridgehead atoms. The fraction of sp³-hybridized carbons (Fsp3) is 0.500. The van der Waals surface area contributed by atoms with Crippen LogP contribution >= 0.6 is 11.3 Å². The molecule has 160 valence electrons. The molecule has 2 fully saturated rings. The Kier molecular flexibility index (Phi) is 5.68. The van der Waals surface area contributed by atoms with Crippen LogP contribution in [0.5, 0.6) is 0 Å². The van der Waals surface area contributed by atoms with Gasteiger partial charge in [-0.1, -0.05) is 6.92 Å². The van der Waals surface area contributed by atoms with Crippen LogP contribution in [0, 0.1) is 0 Å². The van der Waals surface area contributed by atoms with E-state index in [1.807, 2.05) is 6.92 Å². The van der Waals surface area contributed by atoms with Gasteiger partial charge in [-0.25, -0.2) is 18.7 Å². The summed E-state index contributed by atoms with van der Waals surface area (Å²) in [4.78, 5) is 35.5. The summed E-state index contributed by atoms with van der Waals surface area (Å²) >= 11 is 0.859. The van der Waals surface area contributed by atoms with Crippen LogP contribution in [0.1, 0.15) is 71.3 Å². The van der Waals surface area contributed by atoms with Gasteiger partial charge >= 0.3 is 0 Å². The van der Waals surface area contributed by atoms with Crippen molar-refractivity contribution in [3.05, 3.63) is 28.5 Å². The van der Waals surface area contributed by atoms with Crippen molar-refractivity contribution >= 4 is 29.0 Å². The molecule has 0 aliphatic carbocycles. The molecule has 0 atom stereocenters. The van der Waals surface area contributed by atoms with Gasteiger partial charge < -0.3 is 16.0 Å². The fourth-order valence-electron chi connectivity index (χ4n) is 4.31. The van der Waals surface area contributed by atoms with E-state index in [0.717, 1.165) is 43.4 Å². The van der Waals surface area contributed by atoms with E-state index in [1.165, 1.54) is 12.3 Å². The summed E-state index contributed by atoms with van der Waals surface area (Å²) in [5.74, 6) is -0.786. The van der Waals surface area contributed by atoms with Gasteiger partial charge in [-0.2, -0.15) is 0 Å². The summed E-state index contributed by atoms with van der Waals surface area (Å²) in [6.07, 6.45) is 3.07. The van der Waals surface area contributed by atoms with E-state index in [0.29, 0.717) is 12.4 Å². The first-order chi connectivity index (χ1) is 14.4. The number of anilines is 1. The van der Waals surface area contributed by atoms with Crippen LogP contribution in [-0.2, 0) is 0 Å². The Labute approximate surface area is 176 Å². The summed E-state index contributed by atoms with van der Waals surface area (Å²) < 4.78 is 27.8. The zero-order valence-corrected chi connectivity index (χ0v) is 17.3. The van der Waals surface area contributed by atoms with Crippen molar-refractivity contribution in [2.75, 3.05) is 11.9 Å². The standard InChI is InChI=1S/C20H23F2N5O2S/c1-2-7-24-14-8-12(17(21)22)13(9-25-14)16-15(26-19(30-16)18(23)28)20(29)27-10-3-4-11(27)6-5-10/h8-11,17H,2-7H2,1H3,(H2,23,28)(H,24,25). The molecular formula is C20H23F2N5O2S. The number of carbonyl (C=O) groups is 2. The first kappa shape index (κ1) is 20.6. The normalized spacial score (nSPS) is 20.2. The number of rotatable bonds is 7. The topological polar surface area (TPSA) is 101 Å². The molecule has 2 aromatic heterocycles. The van der Waals surface area contributed by atoms with Gasteiger partial charge in [-0.15, -0.1) is 11.3 Å². The van der Waals surface area contributed by atoms with Gasteiger partial charge in [0, 0.05) is 36.0 Å². The summed E-state index contributed by atoms with van der Waals surface area (Å²) in [7, 11) is 0. The van der Waals surface area contributed by atoms with Crippen molar-refractivity contribution in [2.24, 2.45) is 5.73 Å². The molecule has 10 heteroatoms. The monoisotopic (exact) mass is 435 g/mol. The Balaban J connectivity index is 1.78. The number of nitrogens with zero attached hydrogens (tertiary/aromatic N) is 3. The molecule has 2 saturated heterocycles. The third-order valence-electron chi connectivity index (χ3n) is 5.70. The van der Waals surface area contributed by atoms with Crippen LogP contribution in [-0.4, -0.2) is 45.3 Å². The Morgan fingerprint density at radius 2 is 1.97 bits per heavy atom. The van der Waals surface area contributed by atoms with Gasteiger partial charge in [-0.3, -0.25) is 9.59 Å². The molecule has 0 aromatic carbocycles. The van der Waals surface area contributed by atoms with Gasteiger partial charge in [0.2, 0.25) is 0 Å². The van der Waals surface area contributed by atoms with E-state index in [1.54, 1.807) is 4.90 Å². The zero-order valence-electron chi connectivity index (χ0n) is 16.5. The molecule has 2 aromatic rings. The highest BCUT2D eigenvalue weighted by Gasteiger charge is 2.44. The number of aromatic nitrogens is 2. The van der Waals surface area contributed by atoms with Gasteiger partial charge in [0.05, 0.1) is 4.88 Å². The third-order valence-corrected chi connectivity index (χ3v) is 6.80. The number of thiazole rings is 1. The quantitative estimate of drug-likeness (QED) is 0.688. The number of nitrogens with two attached hydrogens (primary N) is 1. The lowest BCUT2D eigenvalue weighted by Gasteiger charge is -2.21. The smallest absolute Gasteiger partial charge is 0.277 e. The maximum Gasteiger partial charge on any atom is 0.277 e. The first-order valence-electron chi connectivity index (χ1n) is 10.1. The van der Waals surface area contributed by atoms with E-state index in [4.69, 9.17) is 5.73 Å². The van der Waals surface area contributed by atoms with E-state index in [2.05, 4.69) is 15.3 Å². The number of fused-ring (bicyclic) bond motifs is 2. The van der Waals surface area contributed by atoms with Gasteiger partial charge in [0.25, 0.3) is 18.2 Å². The summed E-state index contributed by atoms with van der Waals surface area (Å²) in [6, 6.07) is 1.57. The fourth-order valence-corrected chi connectivity index (χ4v) is 5.25. The number of hydrogen-bond acceptors (Lipinski definition) is 6.